The van der Waals surface area contributed by atoms with E-state index in [1.54, 1.807) is 4.90 Å². The Morgan fingerprint density at radius 3 is 2.64 bits per heavy atom. The zero-order valence-electron chi connectivity index (χ0n) is 14.9. The van der Waals surface area contributed by atoms with Crippen LogP contribution in [-0.2, 0) is 4.74 Å². The van der Waals surface area contributed by atoms with Gasteiger partial charge in [-0.05, 0) is 45.7 Å². The van der Waals surface area contributed by atoms with Crippen molar-refractivity contribution in [3.8, 4) is 5.88 Å². The van der Waals surface area contributed by atoms with Gasteiger partial charge in [-0.1, -0.05) is 12.1 Å². The molecule has 2 heterocycles. The maximum absolute atomic E-state index is 12.3. The summed E-state index contributed by atoms with van der Waals surface area (Å²) in [6.45, 7) is 6.56. The lowest BCUT2D eigenvalue weighted by molar-refractivity contribution is 0.0186. The van der Waals surface area contributed by atoms with E-state index in [0.29, 0.717) is 19.0 Å². The first-order chi connectivity index (χ1) is 11.8. The zero-order chi connectivity index (χ0) is 18.0. The number of hydrogen-bond acceptors (Lipinski definition) is 6. The number of ether oxygens (including phenoxy) is 2. The number of carbonyl (C=O) groups excluding carboxylic acids is 1. The lowest BCUT2D eigenvalue weighted by Gasteiger charge is -2.28. The molecular formula is C18H24N4O3. The molecule has 0 radical (unpaired) electrons. The summed E-state index contributed by atoms with van der Waals surface area (Å²) >= 11 is 0. The molecule has 134 valence electrons. The zero-order valence-corrected chi connectivity index (χ0v) is 14.9. The average molecular weight is 344 g/mol. The Kier molecular flexibility index (Phi) is 4.65. The second-order valence-electron chi connectivity index (χ2n) is 7.18. The lowest BCUT2D eigenvalue weighted by atomic mass is 10.2. The van der Waals surface area contributed by atoms with Crippen molar-refractivity contribution in [3.63, 3.8) is 0 Å². The van der Waals surface area contributed by atoms with Crippen LogP contribution in [0.1, 0.15) is 33.6 Å². The SMILES string of the molecule is CC(C)(C)OC(=O)N1CCCC1COc1nc2ccccc2nc1N. The lowest BCUT2D eigenvalue weighted by Crippen LogP contribution is -2.42. The number of nitrogens with zero attached hydrogens (tertiary/aromatic N) is 3. The second kappa shape index (κ2) is 6.74. The summed E-state index contributed by atoms with van der Waals surface area (Å²) in [7, 11) is 0. The van der Waals surface area contributed by atoms with Gasteiger partial charge in [0.05, 0.1) is 17.1 Å². The van der Waals surface area contributed by atoms with Crippen LogP contribution in [0.3, 0.4) is 0 Å². The molecule has 1 aromatic heterocycles. The first kappa shape index (κ1) is 17.3. The molecule has 1 aromatic carbocycles. The smallest absolute Gasteiger partial charge is 0.410 e. The number of hydrogen-bond donors (Lipinski definition) is 1. The van der Waals surface area contributed by atoms with Gasteiger partial charge >= 0.3 is 6.09 Å². The molecule has 7 heteroatoms. The minimum absolute atomic E-state index is 0.0532. The van der Waals surface area contributed by atoms with Crippen molar-refractivity contribution < 1.29 is 14.3 Å². The highest BCUT2D eigenvalue weighted by molar-refractivity contribution is 5.76. The van der Waals surface area contributed by atoms with E-state index in [-0.39, 0.29) is 18.0 Å². The highest BCUT2D eigenvalue weighted by atomic mass is 16.6. The number of anilines is 1. The van der Waals surface area contributed by atoms with E-state index in [1.165, 1.54) is 0 Å². The van der Waals surface area contributed by atoms with Crippen LogP contribution in [0, 0.1) is 0 Å². The molecule has 1 fully saturated rings. The summed E-state index contributed by atoms with van der Waals surface area (Å²) in [6, 6.07) is 7.43. The number of nitrogens with two attached hydrogens (primary N) is 1. The van der Waals surface area contributed by atoms with Crippen molar-refractivity contribution in [2.45, 2.75) is 45.3 Å². The van der Waals surface area contributed by atoms with Crippen molar-refractivity contribution in [2.24, 2.45) is 0 Å². The number of fused-ring (bicyclic) bond motifs is 1. The van der Waals surface area contributed by atoms with E-state index in [1.807, 2.05) is 45.0 Å². The van der Waals surface area contributed by atoms with E-state index in [9.17, 15) is 4.79 Å². The van der Waals surface area contributed by atoms with Gasteiger partial charge in [0.15, 0.2) is 5.82 Å². The van der Waals surface area contributed by atoms with Crippen LogP contribution in [0.15, 0.2) is 24.3 Å². The molecule has 7 nitrogen and oxygen atoms in total. The molecule has 0 spiro atoms. The Bertz CT molecular complexity index is 772. The molecule has 1 aliphatic rings. The fourth-order valence-corrected chi connectivity index (χ4v) is 2.85. The van der Waals surface area contributed by atoms with Crippen molar-refractivity contribution in [1.82, 2.24) is 14.9 Å². The summed E-state index contributed by atoms with van der Waals surface area (Å²) in [5.41, 5.74) is 6.88. The minimum atomic E-state index is -0.515. The third-order valence-electron chi connectivity index (χ3n) is 3.98. The Hall–Kier alpha value is -2.57. The molecule has 1 amide bonds. The highest BCUT2D eigenvalue weighted by Gasteiger charge is 2.32. The summed E-state index contributed by atoms with van der Waals surface area (Å²) in [6.07, 6.45) is 1.47. The van der Waals surface area contributed by atoms with Gasteiger partial charge in [-0.3, -0.25) is 0 Å². The van der Waals surface area contributed by atoms with E-state index in [4.69, 9.17) is 15.2 Å². The molecule has 1 aliphatic heterocycles. The molecule has 0 saturated carbocycles. The summed E-state index contributed by atoms with van der Waals surface area (Å²) in [4.78, 5) is 22.8. The number of likely N-dealkylation sites (tertiary alicyclic amines) is 1. The maximum Gasteiger partial charge on any atom is 0.410 e. The van der Waals surface area contributed by atoms with Crippen molar-refractivity contribution in [2.75, 3.05) is 18.9 Å². The molecule has 2 N–H and O–H groups in total. The van der Waals surface area contributed by atoms with Crippen LogP contribution in [0.5, 0.6) is 5.88 Å². The fraction of sp³-hybridized carbons (Fsp3) is 0.500. The molecule has 0 aliphatic carbocycles. The third-order valence-corrected chi connectivity index (χ3v) is 3.98. The number of para-hydroxylation sites is 2. The number of nitrogen functional groups attached to an aromatic ring is 1. The molecular weight excluding hydrogens is 320 g/mol. The predicted octanol–water partition coefficient (Wildman–Crippen LogP) is 2.99. The summed E-state index contributed by atoms with van der Waals surface area (Å²) in [5, 5.41) is 0. The molecule has 0 bridgehead atoms. The topological polar surface area (TPSA) is 90.6 Å². The predicted molar refractivity (Wildman–Crippen MR) is 95.4 cm³/mol. The average Bonchev–Trinajstić information content (AvgIpc) is 3.00. The van der Waals surface area contributed by atoms with E-state index < -0.39 is 5.60 Å². The van der Waals surface area contributed by atoms with Crippen LogP contribution >= 0.6 is 0 Å². The van der Waals surface area contributed by atoms with Gasteiger partial charge in [0.2, 0.25) is 0 Å². The minimum Gasteiger partial charge on any atom is -0.473 e. The van der Waals surface area contributed by atoms with E-state index in [0.717, 1.165) is 23.9 Å². The van der Waals surface area contributed by atoms with Gasteiger partial charge in [0.25, 0.3) is 5.88 Å². The molecule has 1 atom stereocenters. The van der Waals surface area contributed by atoms with Crippen molar-refractivity contribution >= 4 is 22.9 Å². The molecule has 1 saturated heterocycles. The van der Waals surface area contributed by atoms with E-state index in [2.05, 4.69) is 9.97 Å². The van der Waals surface area contributed by atoms with Gasteiger partial charge in [-0.2, -0.15) is 0 Å². The van der Waals surface area contributed by atoms with Gasteiger partial charge in [0, 0.05) is 6.54 Å². The molecule has 25 heavy (non-hydrogen) atoms. The van der Waals surface area contributed by atoms with Gasteiger partial charge in [-0.25, -0.2) is 14.8 Å². The van der Waals surface area contributed by atoms with Gasteiger partial charge < -0.3 is 20.1 Å². The fourth-order valence-electron chi connectivity index (χ4n) is 2.85. The van der Waals surface area contributed by atoms with Crippen LogP contribution < -0.4 is 10.5 Å². The number of amides is 1. The first-order valence-corrected chi connectivity index (χ1v) is 8.48. The molecule has 2 aromatic rings. The van der Waals surface area contributed by atoms with Crippen LogP contribution in [0.4, 0.5) is 10.6 Å². The monoisotopic (exact) mass is 344 g/mol. The number of benzene rings is 1. The van der Waals surface area contributed by atoms with Crippen LogP contribution in [0.25, 0.3) is 11.0 Å². The second-order valence-corrected chi connectivity index (χ2v) is 7.18. The van der Waals surface area contributed by atoms with Crippen molar-refractivity contribution in [1.29, 1.82) is 0 Å². The molecule has 3 rings (SSSR count). The Labute approximate surface area is 147 Å². The Morgan fingerprint density at radius 2 is 1.96 bits per heavy atom. The quantitative estimate of drug-likeness (QED) is 0.920. The summed E-state index contributed by atoms with van der Waals surface area (Å²) in [5.74, 6) is 0.551. The third kappa shape index (κ3) is 4.10. The number of rotatable bonds is 3. The largest absolute Gasteiger partial charge is 0.473 e. The van der Waals surface area contributed by atoms with E-state index >= 15 is 0 Å². The number of aromatic nitrogens is 2. The normalized spacial score (nSPS) is 17.7. The Balaban J connectivity index is 1.68. The maximum atomic E-state index is 12.3. The van der Waals surface area contributed by atoms with Gasteiger partial charge in [-0.15, -0.1) is 0 Å². The van der Waals surface area contributed by atoms with Crippen LogP contribution in [0.2, 0.25) is 0 Å². The van der Waals surface area contributed by atoms with Crippen LogP contribution in [-0.4, -0.2) is 45.8 Å². The molecule has 1 unspecified atom stereocenters. The Morgan fingerprint density at radius 1 is 1.28 bits per heavy atom. The van der Waals surface area contributed by atoms with Crippen molar-refractivity contribution in [3.05, 3.63) is 24.3 Å². The highest BCUT2D eigenvalue weighted by Crippen LogP contribution is 2.24. The standard InChI is InChI=1S/C18H24N4O3/c1-18(2,3)25-17(23)22-10-6-7-12(22)11-24-16-15(19)20-13-8-4-5-9-14(13)21-16/h4-5,8-9,12H,6-7,10-11H2,1-3H3,(H2,19,20). The first-order valence-electron chi connectivity index (χ1n) is 8.48. The number of carbonyl (C=O) groups is 1. The summed E-state index contributed by atoms with van der Waals surface area (Å²) < 4.78 is 11.3. The van der Waals surface area contributed by atoms with Gasteiger partial charge in [0.1, 0.15) is 12.2 Å².